The number of esters is 1. The Hall–Kier alpha value is -2.13. The fraction of sp³-hybridized carbons (Fsp3) is 0.222. The number of carbonyl (C=O) groups excluding carboxylic acids is 2. The van der Waals surface area contributed by atoms with Crippen molar-refractivity contribution in [1.29, 1.82) is 0 Å². The lowest BCUT2D eigenvalue weighted by Crippen LogP contribution is -2.13. The molecule has 0 amide bonds. The van der Waals surface area contributed by atoms with Crippen molar-refractivity contribution in [3.63, 3.8) is 0 Å². The van der Waals surface area contributed by atoms with Crippen LogP contribution in [0, 0.1) is 5.92 Å². The van der Waals surface area contributed by atoms with Gasteiger partial charge in [-0.05, 0) is 29.7 Å². The molecule has 22 heavy (non-hydrogen) atoms. The van der Waals surface area contributed by atoms with Gasteiger partial charge >= 0.3 is 5.97 Å². The van der Waals surface area contributed by atoms with Gasteiger partial charge in [0.1, 0.15) is 0 Å². The van der Waals surface area contributed by atoms with Crippen molar-refractivity contribution >= 4 is 23.4 Å². The number of hydrogen-bond donors (Lipinski definition) is 0. The zero-order valence-corrected chi connectivity index (χ0v) is 12.7. The number of Topliss-reactive ketones (excluding diaryl/α,β-unsaturated/α-hetero) is 1. The molecule has 1 fully saturated rings. The second-order valence-corrected chi connectivity index (χ2v) is 5.80. The number of carbonyl (C=O) groups is 2. The molecule has 112 valence electrons. The Bertz CT molecular complexity index is 689. The van der Waals surface area contributed by atoms with Gasteiger partial charge in [0.25, 0.3) is 0 Å². The molecule has 3 nitrogen and oxygen atoms in total. The van der Waals surface area contributed by atoms with Crippen molar-refractivity contribution in [2.75, 3.05) is 6.61 Å². The third-order valence-corrected chi connectivity index (χ3v) is 4.11. The van der Waals surface area contributed by atoms with Gasteiger partial charge in [-0.1, -0.05) is 48.0 Å². The first-order chi connectivity index (χ1) is 10.6. The fourth-order valence-corrected chi connectivity index (χ4v) is 2.68. The molecule has 0 aromatic heterocycles. The SMILES string of the molecule is O=C(CC1CCOC1=O)c1ccc(-c2ccc(Cl)cc2)cc1. The van der Waals surface area contributed by atoms with E-state index in [4.69, 9.17) is 16.3 Å². The Morgan fingerprint density at radius 3 is 2.18 bits per heavy atom. The number of rotatable bonds is 4. The average molecular weight is 315 g/mol. The Labute approximate surface area is 133 Å². The summed E-state index contributed by atoms with van der Waals surface area (Å²) in [6.07, 6.45) is 0.854. The largest absolute Gasteiger partial charge is 0.465 e. The molecule has 1 aliphatic heterocycles. The Kier molecular flexibility index (Phi) is 4.25. The van der Waals surface area contributed by atoms with E-state index in [0.29, 0.717) is 23.6 Å². The van der Waals surface area contributed by atoms with Gasteiger partial charge in [0, 0.05) is 17.0 Å². The van der Waals surface area contributed by atoms with E-state index in [0.717, 1.165) is 11.1 Å². The highest BCUT2D eigenvalue weighted by Crippen LogP contribution is 2.24. The highest BCUT2D eigenvalue weighted by atomic mass is 35.5. The van der Waals surface area contributed by atoms with E-state index < -0.39 is 0 Å². The molecule has 0 aliphatic carbocycles. The van der Waals surface area contributed by atoms with Crippen molar-refractivity contribution in [2.45, 2.75) is 12.8 Å². The summed E-state index contributed by atoms with van der Waals surface area (Å²) in [6, 6.07) is 15.0. The molecular formula is C18H15ClO3. The lowest BCUT2D eigenvalue weighted by Gasteiger charge is -2.06. The molecule has 1 heterocycles. The Balaban J connectivity index is 1.72. The predicted molar refractivity (Wildman–Crippen MR) is 84.9 cm³/mol. The topological polar surface area (TPSA) is 43.4 Å². The summed E-state index contributed by atoms with van der Waals surface area (Å²) < 4.78 is 4.89. The quantitative estimate of drug-likeness (QED) is 0.629. The maximum atomic E-state index is 12.2. The molecule has 1 aliphatic rings. The molecule has 4 heteroatoms. The Morgan fingerprint density at radius 1 is 1.05 bits per heavy atom. The first-order valence-corrected chi connectivity index (χ1v) is 7.57. The molecule has 2 aromatic carbocycles. The molecule has 0 bridgehead atoms. The maximum Gasteiger partial charge on any atom is 0.309 e. The molecule has 1 unspecified atom stereocenters. The van der Waals surface area contributed by atoms with Crippen LogP contribution >= 0.6 is 11.6 Å². The molecule has 0 N–H and O–H groups in total. The molecule has 1 saturated heterocycles. The first-order valence-electron chi connectivity index (χ1n) is 7.19. The van der Waals surface area contributed by atoms with Gasteiger partial charge in [-0.15, -0.1) is 0 Å². The summed E-state index contributed by atoms with van der Waals surface area (Å²) in [6.45, 7) is 0.423. The van der Waals surface area contributed by atoms with E-state index >= 15 is 0 Å². The van der Waals surface area contributed by atoms with Gasteiger partial charge in [0.2, 0.25) is 0 Å². The lowest BCUT2D eigenvalue weighted by molar-refractivity contribution is -0.141. The average Bonchev–Trinajstić information content (AvgIpc) is 2.93. The van der Waals surface area contributed by atoms with Gasteiger partial charge in [-0.25, -0.2) is 0 Å². The van der Waals surface area contributed by atoms with E-state index in [1.165, 1.54) is 0 Å². The summed E-state index contributed by atoms with van der Waals surface area (Å²) >= 11 is 5.88. The molecule has 0 spiro atoms. The summed E-state index contributed by atoms with van der Waals surface area (Å²) in [5.41, 5.74) is 2.69. The highest BCUT2D eigenvalue weighted by molar-refractivity contribution is 6.30. The van der Waals surface area contributed by atoms with Crippen LogP contribution in [0.15, 0.2) is 48.5 Å². The standard InChI is InChI=1S/C18H15ClO3/c19-16-7-5-13(6-8-16)12-1-3-14(4-2-12)17(20)11-15-9-10-22-18(15)21/h1-8,15H,9-11H2. The monoisotopic (exact) mass is 314 g/mol. The van der Waals surface area contributed by atoms with Crippen LogP contribution in [0.4, 0.5) is 0 Å². The van der Waals surface area contributed by atoms with E-state index in [9.17, 15) is 9.59 Å². The normalized spacial score (nSPS) is 17.3. The minimum atomic E-state index is -0.288. The third-order valence-electron chi connectivity index (χ3n) is 3.86. The van der Waals surface area contributed by atoms with Gasteiger partial charge in [-0.3, -0.25) is 9.59 Å². The lowest BCUT2D eigenvalue weighted by atomic mass is 9.96. The van der Waals surface area contributed by atoms with Crippen molar-refractivity contribution in [3.05, 3.63) is 59.1 Å². The zero-order valence-electron chi connectivity index (χ0n) is 11.9. The summed E-state index contributed by atoms with van der Waals surface area (Å²) in [4.78, 5) is 23.6. The van der Waals surface area contributed by atoms with Crippen LogP contribution in [0.1, 0.15) is 23.2 Å². The smallest absolute Gasteiger partial charge is 0.309 e. The fourth-order valence-electron chi connectivity index (χ4n) is 2.56. The van der Waals surface area contributed by atoms with Crippen molar-refractivity contribution in [1.82, 2.24) is 0 Å². The van der Waals surface area contributed by atoms with Crippen LogP contribution in [0.25, 0.3) is 11.1 Å². The van der Waals surface area contributed by atoms with Crippen LogP contribution in [-0.2, 0) is 9.53 Å². The predicted octanol–water partition coefficient (Wildman–Crippen LogP) is 4.14. The van der Waals surface area contributed by atoms with Gasteiger partial charge < -0.3 is 4.74 Å². The number of halogens is 1. The third kappa shape index (κ3) is 3.20. The molecule has 1 atom stereocenters. The van der Waals surface area contributed by atoms with E-state index in [-0.39, 0.29) is 24.1 Å². The van der Waals surface area contributed by atoms with Crippen molar-refractivity contribution < 1.29 is 14.3 Å². The summed E-state index contributed by atoms with van der Waals surface area (Å²) in [5.74, 6) is -0.568. The molecule has 3 rings (SSSR count). The van der Waals surface area contributed by atoms with E-state index in [1.54, 1.807) is 12.1 Å². The number of benzene rings is 2. The number of ketones is 1. The number of cyclic esters (lactones) is 1. The van der Waals surface area contributed by atoms with Crippen LogP contribution in [0.2, 0.25) is 5.02 Å². The minimum absolute atomic E-state index is 0.0218. The summed E-state index contributed by atoms with van der Waals surface area (Å²) in [5, 5.41) is 0.694. The van der Waals surface area contributed by atoms with Crippen molar-refractivity contribution in [2.24, 2.45) is 5.92 Å². The maximum absolute atomic E-state index is 12.2. The van der Waals surface area contributed by atoms with Crippen LogP contribution in [-0.4, -0.2) is 18.4 Å². The highest BCUT2D eigenvalue weighted by Gasteiger charge is 2.28. The molecule has 0 saturated carbocycles. The van der Waals surface area contributed by atoms with Gasteiger partial charge in [-0.2, -0.15) is 0 Å². The second kappa shape index (κ2) is 6.32. The van der Waals surface area contributed by atoms with Crippen LogP contribution in [0.5, 0.6) is 0 Å². The first kappa shape index (κ1) is 14.8. The van der Waals surface area contributed by atoms with Crippen LogP contribution < -0.4 is 0 Å². The summed E-state index contributed by atoms with van der Waals surface area (Å²) in [7, 11) is 0. The second-order valence-electron chi connectivity index (χ2n) is 5.36. The van der Waals surface area contributed by atoms with Crippen LogP contribution in [0.3, 0.4) is 0 Å². The number of ether oxygens (including phenoxy) is 1. The van der Waals surface area contributed by atoms with Gasteiger partial charge in [0.05, 0.1) is 12.5 Å². The molecule has 0 radical (unpaired) electrons. The Morgan fingerprint density at radius 2 is 1.64 bits per heavy atom. The zero-order chi connectivity index (χ0) is 15.5. The van der Waals surface area contributed by atoms with Crippen molar-refractivity contribution in [3.8, 4) is 11.1 Å². The van der Waals surface area contributed by atoms with E-state index in [2.05, 4.69) is 0 Å². The van der Waals surface area contributed by atoms with Gasteiger partial charge in [0.15, 0.2) is 5.78 Å². The minimum Gasteiger partial charge on any atom is -0.465 e. The molecular weight excluding hydrogens is 300 g/mol. The molecule has 2 aromatic rings. The van der Waals surface area contributed by atoms with E-state index in [1.807, 2.05) is 36.4 Å². The number of hydrogen-bond acceptors (Lipinski definition) is 3.